The van der Waals surface area contributed by atoms with Gasteiger partial charge < -0.3 is 15.7 Å². The highest BCUT2D eigenvalue weighted by Crippen LogP contribution is 2.27. The van der Waals surface area contributed by atoms with Crippen LogP contribution >= 0.6 is 11.8 Å². The van der Waals surface area contributed by atoms with Crippen molar-refractivity contribution in [2.24, 2.45) is 0 Å². The molecule has 1 aromatic carbocycles. The van der Waals surface area contributed by atoms with Gasteiger partial charge in [-0.25, -0.2) is 13.6 Å². The molecule has 0 aliphatic carbocycles. The van der Waals surface area contributed by atoms with Crippen molar-refractivity contribution >= 4 is 17.8 Å². The minimum absolute atomic E-state index is 0.118. The second-order valence-corrected chi connectivity index (χ2v) is 6.59. The van der Waals surface area contributed by atoms with E-state index < -0.39 is 29.3 Å². The van der Waals surface area contributed by atoms with Crippen molar-refractivity contribution in [3.63, 3.8) is 0 Å². The summed E-state index contributed by atoms with van der Waals surface area (Å²) >= 11 is 1.64. The number of nitrogens with one attached hydrogen (secondary N) is 2. The van der Waals surface area contributed by atoms with Crippen LogP contribution in [-0.4, -0.2) is 34.8 Å². The Morgan fingerprint density at radius 1 is 1.50 bits per heavy atom. The summed E-state index contributed by atoms with van der Waals surface area (Å²) in [7, 11) is 0. The Bertz CT molecular complexity index is 536. The highest BCUT2D eigenvalue weighted by molar-refractivity contribution is 7.99. The first kappa shape index (κ1) is 17.0. The fourth-order valence-electron chi connectivity index (χ4n) is 2.37. The topological polar surface area (TPSA) is 61.4 Å². The van der Waals surface area contributed by atoms with Gasteiger partial charge in [-0.05, 0) is 36.8 Å². The Morgan fingerprint density at radius 3 is 2.91 bits per heavy atom. The molecule has 2 atom stereocenters. The predicted molar refractivity (Wildman–Crippen MR) is 82.8 cm³/mol. The molecule has 7 heteroatoms. The van der Waals surface area contributed by atoms with Crippen molar-refractivity contribution in [3.05, 3.63) is 35.4 Å². The summed E-state index contributed by atoms with van der Waals surface area (Å²) in [5.41, 5.74) is -0.763. The van der Waals surface area contributed by atoms with E-state index in [1.165, 1.54) is 0 Å². The summed E-state index contributed by atoms with van der Waals surface area (Å²) in [4.78, 5) is 11.9. The number of benzene rings is 1. The van der Waals surface area contributed by atoms with Gasteiger partial charge in [0.1, 0.15) is 11.6 Å². The number of hydrogen-bond donors (Lipinski definition) is 3. The Hall–Kier alpha value is -1.34. The Balaban J connectivity index is 1.94. The highest BCUT2D eigenvalue weighted by atomic mass is 32.2. The molecule has 0 spiro atoms. The molecule has 1 aromatic rings. The minimum Gasteiger partial charge on any atom is -0.387 e. The van der Waals surface area contributed by atoms with Crippen LogP contribution in [0.15, 0.2) is 18.2 Å². The molecule has 4 nitrogen and oxygen atoms in total. The van der Waals surface area contributed by atoms with Gasteiger partial charge in [0, 0.05) is 17.9 Å². The minimum atomic E-state index is -0.881. The molecule has 1 aliphatic heterocycles. The molecule has 0 aromatic heterocycles. The van der Waals surface area contributed by atoms with E-state index in [-0.39, 0.29) is 12.1 Å². The van der Waals surface area contributed by atoms with Crippen molar-refractivity contribution in [1.29, 1.82) is 0 Å². The van der Waals surface area contributed by atoms with Gasteiger partial charge in [0.2, 0.25) is 0 Å². The van der Waals surface area contributed by atoms with Gasteiger partial charge in [0.15, 0.2) is 0 Å². The van der Waals surface area contributed by atoms with Crippen molar-refractivity contribution in [3.8, 4) is 0 Å². The first-order valence-corrected chi connectivity index (χ1v) is 8.38. The zero-order chi connectivity index (χ0) is 16.2. The number of carbonyl (C=O) groups excluding carboxylic acids is 1. The van der Waals surface area contributed by atoms with E-state index in [4.69, 9.17) is 0 Å². The van der Waals surface area contributed by atoms with Crippen LogP contribution in [0.5, 0.6) is 0 Å². The fraction of sp³-hybridized carbons (Fsp3) is 0.533. The number of aliphatic hydroxyl groups is 1. The van der Waals surface area contributed by atoms with Crippen LogP contribution in [0.2, 0.25) is 0 Å². The van der Waals surface area contributed by atoms with E-state index in [1.54, 1.807) is 18.7 Å². The number of urea groups is 1. The second kappa shape index (κ2) is 7.28. The Morgan fingerprint density at radius 2 is 2.27 bits per heavy atom. The lowest BCUT2D eigenvalue weighted by Gasteiger charge is -2.23. The number of halogens is 2. The summed E-state index contributed by atoms with van der Waals surface area (Å²) in [6, 6.07) is 2.05. The molecule has 122 valence electrons. The number of carbonyl (C=O) groups is 1. The number of hydrogen-bond acceptors (Lipinski definition) is 3. The van der Waals surface area contributed by atoms with Crippen molar-refractivity contribution in [1.82, 2.24) is 10.6 Å². The van der Waals surface area contributed by atoms with E-state index in [9.17, 15) is 18.7 Å². The second-order valence-electron chi connectivity index (χ2n) is 5.48. The summed E-state index contributed by atoms with van der Waals surface area (Å²) in [5.74, 6) is 0.350. The molecule has 2 amide bonds. The molecular formula is C15H20F2N2O2S. The van der Waals surface area contributed by atoms with Gasteiger partial charge >= 0.3 is 6.03 Å². The van der Waals surface area contributed by atoms with Gasteiger partial charge in [0.25, 0.3) is 0 Å². The largest absolute Gasteiger partial charge is 0.387 e. The Labute approximate surface area is 132 Å². The zero-order valence-corrected chi connectivity index (χ0v) is 13.2. The summed E-state index contributed by atoms with van der Waals surface area (Å²) < 4.78 is 27.0. The molecule has 0 bridgehead atoms. The molecular weight excluding hydrogens is 310 g/mol. The maximum atomic E-state index is 13.8. The first-order chi connectivity index (χ1) is 10.4. The molecule has 22 heavy (non-hydrogen) atoms. The summed E-state index contributed by atoms with van der Waals surface area (Å²) in [6.45, 7) is 1.92. The molecule has 3 N–H and O–H groups in total. The molecule has 1 saturated heterocycles. The molecule has 1 fully saturated rings. The van der Waals surface area contributed by atoms with E-state index in [1.807, 2.05) is 0 Å². The van der Waals surface area contributed by atoms with Crippen LogP contribution in [0.25, 0.3) is 0 Å². The van der Waals surface area contributed by atoms with Crippen molar-refractivity contribution in [2.45, 2.75) is 31.4 Å². The van der Waals surface area contributed by atoms with E-state index in [0.29, 0.717) is 18.6 Å². The van der Waals surface area contributed by atoms with Gasteiger partial charge in [0.05, 0.1) is 11.6 Å². The first-order valence-electron chi connectivity index (χ1n) is 7.23. The van der Waals surface area contributed by atoms with Crippen molar-refractivity contribution < 1.29 is 18.7 Å². The number of rotatable bonds is 5. The third-order valence-corrected chi connectivity index (χ3v) is 4.94. The molecule has 0 saturated carbocycles. The quantitative estimate of drug-likeness (QED) is 0.778. The van der Waals surface area contributed by atoms with Crippen LogP contribution in [0.3, 0.4) is 0 Å². The third kappa shape index (κ3) is 4.33. The lowest BCUT2D eigenvalue weighted by molar-refractivity contribution is 0.0698. The number of thioether (sulfide) groups is 1. The fourth-order valence-corrected chi connectivity index (χ4v) is 3.67. The third-order valence-electron chi connectivity index (χ3n) is 3.71. The predicted octanol–water partition coefficient (Wildman–Crippen LogP) is 2.58. The monoisotopic (exact) mass is 330 g/mol. The van der Waals surface area contributed by atoms with Gasteiger partial charge in [-0.1, -0.05) is 6.92 Å². The summed E-state index contributed by atoms with van der Waals surface area (Å²) in [6.07, 6.45) is 1.06. The lowest BCUT2D eigenvalue weighted by atomic mass is 10.0. The zero-order valence-electron chi connectivity index (χ0n) is 12.4. The molecule has 2 rings (SSSR count). The standard InChI is InChI=1S/C15H20F2N2O2S/c1-2-13(11-7-10(16)3-4-12(11)17)19-14(20)18-8-15(21)5-6-22-9-15/h3-4,7,13,21H,2,5-6,8-9H2,1H3,(H2,18,19,20)/t13-,15+/m0/s1. The smallest absolute Gasteiger partial charge is 0.315 e. The SMILES string of the molecule is CC[C@H](NC(=O)NC[C@]1(O)CCSC1)c1cc(F)ccc1F. The molecule has 1 aliphatic rings. The average molecular weight is 330 g/mol. The van der Waals surface area contributed by atoms with Crippen LogP contribution in [0.1, 0.15) is 31.4 Å². The van der Waals surface area contributed by atoms with Crippen LogP contribution in [-0.2, 0) is 0 Å². The van der Waals surface area contributed by atoms with Gasteiger partial charge in [-0.15, -0.1) is 0 Å². The van der Waals surface area contributed by atoms with E-state index in [2.05, 4.69) is 10.6 Å². The molecule has 0 radical (unpaired) electrons. The van der Waals surface area contributed by atoms with Crippen LogP contribution in [0, 0.1) is 11.6 Å². The normalized spacial score (nSPS) is 22.4. The molecule has 0 unspecified atom stereocenters. The van der Waals surface area contributed by atoms with Crippen LogP contribution < -0.4 is 10.6 Å². The summed E-state index contributed by atoms with van der Waals surface area (Å²) in [5, 5.41) is 15.4. The van der Waals surface area contributed by atoms with E-state index in [0.717, 1.165) is 24.0 Å². The maximum Gasteiger partial charge on any atom is 0.315 e. The maximum absolute atomic E-state index is 13.8. The Kier molecular flexibility index (Phi) is 5.63. The van der Waals surface area contributed by atoms with Gasteiger partial charge in [-0.2, -0.15) is 11.8 Å². The van der Waals surface area contributed by atoms with Gasteiger partial charge in [-0.3, -0.25) is 0 Å². The molecule has 1 heterocycles. The van der Waals surface area contributed by atoms with Crippen molar-refractivity contribution in [2.75, 3.05) is 18.1 Å². The average Bonchev–Trinajstić information content (AvgIpc) is 2.93. The lowest BCUT2D eigenvalue weighted by Crippen LogP contribution is -2.47. The van der Waals surface area contributed by atoms with E-state index >= 15 is 0 Å². The number of amides is 2. The van der Waals surface area contributed by atoms with Crippen LogP contribution in [0.4, 0.5) is 13.6 Å². The highest BCUT2D eigenvalue weighted by Gasteiger charge is 2.32.